The maximum absolute atomic E-state index is 12.7. The Balaban J connectivity index is 1.68. The smallest absolute Gasteiger partial charge is 0.407 e. The first-order valence-corrected chi connectivity index (χ1v) is 10.7. The molecule has 2 amide bonds. The van der Waals surface area contributed by atoms with Crippen molar-refractivity contribution in [2.75, 3.05) is 26.3 Å². The number of nitrogens with zero attached hydrogens (tertiary/aromatic N) is 1. The minimum atomic E-state index is -1.25. The summed E-state index contributed by atoms with van der Waals surface area (Å²) < 4.78 is 5.44. The van der Waals surface area contributed by atoms with Crippen LogP contribution in [-0.4, -0.2) is 65.4 Å². The van der Waals surface area contributed by atoms with Crippen molar-refractivity contribution in [3.63, 3.8) is 0 Å². The van der Waals surface area contributed by atoms with Crippen molar-refractivity contribution >= 4 is 18.0 Å². The third-order valence-corrected chi connectivity index (χ3v) is 5.59. The Morgan fingerprint density at radius 1 is 1.06 bits per heavy atom. The van der Waals surface area contributed by atoms with Gasteiger partial charge in [-0.1, -0.05) is 48.5 Å². The number of nitrogens with one attached hydrogen (secondary N) is 1. The fourth-order valence-electron chi connectivity index (χ4n) is 4.06. The quantitative estimate of drug-likeness (QED) is 0.523. The van der Waals surface area contributed by atoms with E-state index in [1.807, 2.05) is 48.5 Å². The van der Waals surface area contributed by atoms with Crippen molar-refractivity contribution in [3.8, 4) is 11.1 Å². The molecule has 3 N–H and O–H groups in total. The lowest BCUT2D eigenvalue weighted by molar-refractivity contribution is -0.142. The highest BCUT2D eigenvalue weighted by molar-refractivity contribution is 5.89. The topological polar surface area (TPSA) is 116 Å². The molecule has 1 unspecified atom stereocenters. The fraction of sp³-hybridized carbons (Fsp3) is 0.375. The molecule has 0 radical (unpaired) electrons. The number of alkyl carbamates (subject to hydrolysis) is 1. The molecule has 170 valence electrons. The fourth-order valence-corrected chi connectivity index (χ4v) is 4.06. The molecule has 8 nitrogen and oxygen atoms in total. The van der Waals surface area contributed by atoms with Crippen LogP contribution in [0.1, 0.15) is 36.8 Å². The second kappa shape index (κ2) is 10.8. The Kier molecular flexibility index (Phi) is 7.83. The molecule has 1 aliphatic carbocycles. The van der Waals surface area contributed by atoms with Crippen molar-refractivity contribution in [2.45, 2.75) is 31.7 Å². The molecule has 0 saturated carbocycles. The number of rotatable bonds is 10. The lowest BCUT2D eigenvalue weighted by atomic mass is 9.98. The van der Waals surface area contributed by atoms with E-state index in [1.165, 1.54) is 4.90 Å². The number of fused-ring (bicyclic) bond motifs is 3. The third kappa shape index (κ3) is 5.26. The van der Waals surface area contributed by atoms with E-state index >= 15 is 0 Å². The molecular weight excluding hydrogens is 412 g/mol. The van der Waals surface area contributed by atoms with Gasteiger partial charge in [0.25, 0.3) is 0 Å². The third-order valence-electron chi connectivity index (χ3n) is 5.59. The molecule has 0 aromatic heterocycles. The van der Waals surface area contributed by atoms with Crippen molar-refractivity contribution in [2.24, 2.45) is 0 Å². The number of aliphatic hydroxyl groups excluding tert-OH is 1. The van der Waals surface area contributed by atoms with Gasteiger partial charge in [-0.15, -0.1) is 0 Å². The summed E-state index contributed by atoms with van der Waals surface area (Å²) in [5, 5.41) is 20.6. The van der Waals surface area contributed by atoms with Crippen LogP contribution in [0.2, 0.25) is 0 Å². The van der Waals surface area contributed by atoms with E-state index in [2.05, 4.69) is 5.32 Å². The summed E-state index contributed by atoms with van der Waals surface area (Å²) in [5.41, 5.74) is 4.30. The van der Waals surface area contributed by atoms with E-state index in [-0.39, 0.29) is 25.7 Å². The maximum atomic E-state index is 12.7. The van der Waals surface area contributed by atoms with Gasteiger partial charge in [-0.25, -0.2) is 4.79 Å². The zero-order chi connectivity index (χ0) is 23.1. The van der Waals surface area contributed by atoms with Crippen LogP contribution in [0.15, 0.2) is 48.5 Å². The van der Waals surface area contributed by atoms with Crippen LogP contribution in [0, 0.1) is 0 Å². The molecule has 0 heterocycles. The monoisotopic (exact) mass is 440 g/mol. The summed E-state index contributed by atoms with van der Waals surface area (Å²) in [6.45, 7) is 2.33. The van der Waals surface area contributed by atoms with Crippen LogP contribution in [-0.2, 0) is 14.3 Å². The van der Waals surface area contributed by atoms with Crippen LogP contribution in [0.5, 0.6) is 0 Å². The van der Waals surface area contributed by atoms with Gasteiger partial charge in [0, 0.05) is 25.6 Å². The average Bonchev–Trinajstić information content (AvgIpc) is 3.11. The summed E-state index contributed by atoms with van der Waals surface area (Å²) in [4.78, 5) is 37.9. The lowest BCUT2D eigenvalue weighted by Gasteiger charge is -2.26. The van der Waals surface area contributed by atoms with Gasteiger partial charge in [0.2, 0.25) is 5.91 Å². The summed E-state index contributed by atoms with van der Waals surface area (Å²) >= 11 is 0. The first-order valence-electron chi connectivity index (χ1n) is 10.7. The van der Waals surface area contributed by atoms with Crippen LogP contribution in [0.3, 0.4) is 0 Å². The van der Waals surface area contributed by atoms with Crippen LogP contribution in [0.25, 0.3) is 11.1 Å². The van der Waals surface area contributed by atoms with E-state index in [9.17, 15) is 19.5 Å². The predicted octanol–water partition coefficient (Wildman–Crippen LogP) is 2.60. The highest BCUT2D eigenvalue weighted by Gasteiger charge is 2.31. The Hall–Kier alpha value is -3.39. The molecule has 1 atom stereocenters. The second-order valence-corrected chi connectivity index (χ2v) is 7.62. The number of likely N-dealkylation sites (N-methyl/N-ethyl adjacent to an activating group) is 1. The van der Waals surface area contributed by atoms with Crippen molar-refractivity contribution < 1.29 is 29.3 Å². The molecule has 0 spiro atoms. The van der Waals surface area contributed by atoms with Crippen LogP contribution < -0.4 is 5.32 Å². The Bertz CT molecular complexity index is 931. The van der Waals surface area contributed by atoms with Gasteiger partial charge in [-0.05, 0) is 35.6 Å². The van der Waals surface area contributed by atoms with Gasteiger partial charge in [0.05, 0.1) is 6.42 Å². The van der Waals surface area contributed by atoms with Gasteiger partial charge in [-0.3, -0.25) is 9.59 Å². The number of carbonyl (C=O) groups excluding carboxylic acids is 2. The molecule has 0 bridgehead atoms. The zero-order valence-corrected chi connectivity index (χ0v) is 18.0. The maximum Gasteiger partial charge on any atom is 0.407 e. The zero-order valence-electron chi connectivity index (χ0n) is 18.0. The number of carboxylic acid groups (broad SMARTS) is 1. The first-order chi connectivity index (χ1) is 15.5. The summed E-state index contributed by atoms with van der Waals surface area (Å²) in [6, 6.07) is 14.6. The molecule has 2 aromatic rings. The molecule has 8 heteroatoms. The second-order valence-electron chi connectivity index (χ2n) is 7.62. The standard InChI is InChI=1S/C24H28N2O6/c1-2-26(12-7-13-27)23(30)21(14-22(28)29)25-24(31)32-15-20-18-10-5-3-8-16(18)17-9-4-6-11-19(17)20/h3-6,8-11,20-21,27H,2,7,12-15H2,1H3,(H,25,31)(H,28,29). The molecule has 0 fully saturated rings. The highest BCUT2D eigenvalue weighted by Crippen LogP contribution is 2.44. The van der Waals surface area contributed by atoms with Crippen LogP contribution >= 0.6 is 0 Å². The first kappa shape index (κ1) is 23.3. The number of benzene rings is 2. The van der Waals surface area contributed by atoms with E-state index < -0.39 is 30.4 Å². The number of hydrogen-bond acceptors (Lipinski definition) is 5. The molecule has 3 rings (SSSR count). The van der Waals surface area contributed by atoms with E-state index in [4.69, 9.17) is 9.84 Å². The molecule has 0 saturated heterocycles. The number of aliphatic carboxylic acids is 1. The SMILES string of the molecule is CCN(CCCO)C(=O)C(CC(=O)O)NC(=O)OCC1c2ccccc2-c2ccccc21. The van der Waals surface area contributed by atoms with Gasteiger partial charge < -0.3 is 25.2 Å². The molecule has 0 aliphatic heterocycles. The minimum absolute atomic E-state index is 0.0653. The summed E-state index contributed by atoms with van der Waals surface area (Å²) in [6.07, 6.45) is -1.03. The number of ether oxygens (including phenoxy) is 1. The average molecular weight is 440 g/mol. The van der Waals surface area contributed by atoms with E-state index in [1.54, 1.807) is 6.92 Å². The lowest BCUT2D eigenvalue weighted by Crippen LogP contribution is -2.50. The van der Waals surface area contributed by atoms with E-state index in [0.717, 1.165) is 22.3 Å². The summed E-state index contributed by atoms with van der Waals surface area (Å²) in [7, 11) is 0. The Morgan fingerprint density at radius 3 is 2.19 bits per heavy atom. The number of aliphatic hydroxyl groups is 1. The molecule has 32 heavy (non-hydrogen) atoms. The number of amides is 2. The van der Waals surface area contributed by atoms with Gasteiger partial charge >= 0.3 is 12.1 Å². The number of hydrogen-bond donors (Lipinski definition) is 3. The molecule has 2 aromatic carbocycles. The van der Waals surface area contributed by atoms with E-state index in [0.29, 0.717) is 13.0 Å². The number of carboxylic acids is 1. The molecule has 1 aliphatic rings. The van der Waals surface area contributed by atoms with Crippen molar-refractivity contribution in [3.05, 3.63) is 59.7 Å². The number of carbonyl (C=O) groups is 3. The summed E-state index contributed by atoms with van der Waals surface area (Å²) in [5.74, 6) is -1.86. The highest BCUT2D eigenvalue weighted by atomic mass is 16.5. The normalized spacial score (nSPS) is 13.1. The van der Waals surface area contributed by atoms with Gasteiger partial charge in [-0.2, -0.15) is 0 Å². The Labute approximate surface area is 186 Å². The predicted molar refractivity (Wildman–Crippen MR) is 118 cm³/mol. The van der Waals surface area contributed by atoms with Gasteiger partial charge in [0.1, 0.15) is 12.6 Å². The largest absolute Gasteiger partial charge is 0.481 e. The van der Waals surface area contributed by atoms with Crippen molar-refractivity contribution in [1.29, 1.82) is 0 Å². The van der Waals surface area contributed by atoms with Crippen LogP contribution in [0.4, 0.5) is 4.79 Å². The van der Waals surface area contributed by atoms with Crippen molar-refractivity contribution in [1.82, 2.24) is 10.2 Å². The minimum Gasteiger partial charge on any atom is -0.481 e. The van der Waals surface area contributed by atoms with Gasteiger partial charge in [0.15, 0.2) is 0 Å². The Morgan fingerprint density at radius 2 is 1.66 bits per heavy atom. The molecular formula is C24H28N2O6.